The topological polar surface area (TPSA) is 9.23 Å². The van der Waals surface area contributed by atoms with Gasteiger partial charge in [-0.05, 0) is 76.7 Å². The van der Waals surface area contributed by atoms with Crippen molar-refractivity contribution in [3.05, 3.63) is 103 Å². The van der Waals surface area contributed by atoms with Crippen molar-refractivity contribution < 1.29 is 9.13 Å². The molecule has 1 aliphatic heterocycles. The van der Waals surface area contributed by atoms with E-state index in [1.807, 2.05) is 12.1 Å². The second-order valence-corrected chi connectivity index (χ2v) is 8.57. The number of rotatable bonds is 3. The van der Waals surface area contributed by atoms with Crippen LogP contribution in [0.25, 0.3) is 11.1 Å². The summed E-state index contributed by atoms with van der Waals surface area (Å²) in [4.78, 5) is 4.11. The quantitative estimate of drug-likeness (QED) is 0.333. The molecule has 1 heterocycles. The Morgan fingerprint density at radius 2 is 1.04 bits per heavy atom. The first-order valence-corrected chi connectivity index (χ1v) is 10.2. The molecule has 0 fully saturated rings. The third-order valence-electron chi connectivity index (χ3n) is 4.72. The number of halogens is 1. The Kier molecular flexibility index (Phi) is 3.95. The lowest BCUT2D eigenvalue weighted by atomic mass is 10.1. The van der Waals surface area contributed by atoms with Gasteiger partial charge in [0.15, 0.2) is 0 Å². The summed E-state index contributed by atoms with van der Waals surface area (Å²) in [6.07, 6.45) is 0. The van der Waals surface area contributed by atoms with E-state index in [-0.39, 0.29) is 5.82 Å². The first-order valence-electron chi connectivity index (χ1n) is 8.82. The summed E-state index contributed by atoms with van der Waals surface area (Å²) in [5, 5.41) is 0. The fraction of sp³-hybridized carbons (Fsp3) is 0. The molecular weight excluding hydrogens is 355 g/mol. The lowest BCUT2D eigenvalue weighted by Gasteiger charge is -2.19. The molecule has 0 unspecified atom stereocenters. The molecule has 1 aliphatic rings. The van der Waals surface area contributed by atoms with Crippen LogP contribution in [0.5, 0.6) is 11.5 Å². The molecule has 0 bridgehead atoms. The van der Waals surface area contributed by atoms with Gasteiger partial charge in [-0.15, -0.1) is 0 Å². The Morgan fingerprint density at radius 1 is 0.556 bits per heavy atom. The highest BCUT2D eigenvalue weighted by atomic mass is 32.2. The van der Waals surface area contributed by atoms with E-state index in [2.05, 4.69) is 60.7 Å². The van der Waals surface area contributed by atoms with Gasteiger partial charge in [0, 0.05) is 9.79 Å². The molecule has 0 aliphatic carbocycles. The van der Waals surface area contributed by atoms with Gasteiger partial charge in [-0.3, -0.25) is 0 Å². The second kappa shape index (κ2) is 6.60. The second-order valence-electron chi connectivity index (χ2n) is 6.42. The average molecular weight is 372 g/mol. The van der Waals surface area contributed by atoms with Gasteiger partial charge < -0.3 is 4.74 Å². The molecule has 0 N–H and O–H groups in total. The summed E-state index contributed by atoms with van der Waals surface area (Å²) in [6, 6.07) is 31.7. The fourth-order valence-electron chi connectivity index (χ4n) is 3.50. The molecule has 5 rings (SSSR count). The molecule has 27 heavy (non-hydrogen) atoms. The Hall–Kier alpha value is -3.04. The van der Waals surface area contributed by atoms with E-state index < -0.39 is 10.9 Å². The minimum absolute atomic E-state index is 0.265. The van der Waals surface area contributed by atoms with E-state index in [4.69, 9.17) is 4.74 Å². The fourth-order valence-corrected chi connectivity index (χ4v) is 6.11. The largest absolute Gasteiger partial charge is 0.457 e. The summed E-state index contributed by atoms with van der Waals surface area (Å²) < 4.78 is 18.9. The highest BCUT2D eigenvalue weighted by Gasteiger charge is 2.26. The van der Waals surface area contributed by atoms with Crippen molar-refractivity contribution in [3.63, 3.8) is 0 Å². The van der Waals surface area contributed by atoms with Crippen LogP contribution in [0.4, 0.5) is 4.39 Å². The predicted octanol–water partition coefficient (Wildman–Crippen LogP) is 7.08. The summed E-state index contributed by atoms with van der Waals surface area (Å²) in [5.41, 5.74) is 2.68. The molecule has 0 spiro atoms. The molecule has 0 amide bonds. The SMILES string of the molecule is Fc1ccc(Oc2ccc([SH]3c4ccccc4-c4ccccc43)cc2)cc1. The molecule has 0 atom stereocenters. The molecule has 132 valence electrons. The van der Waals surface area contributed by atoms with Crippen molar-refractivity contribution >= 4 is 10.9 Å². The number of benzene rings is 4. The number of hydrogen-bond donors (Lipinski definition) is 1. The third-order valence-corrected chi connectivity index (χ3v) is 7.28. The van der Waals surface area contributed by atoms with Crippen molar-refractivity contribution in [2.24, 2.45) is 0 Å². The lowest BCUT2D eigenvalue weighted by molar-refractivity contribution is 0.480. The Bertz CT molecular complexity index is 1060. The Morgan fingerprint density at radius 3 is 1.59 bits per heavy atom. The number of hydrogen-bond acceptors (Lipinski definition) is 1. The molecule has 4 aromatic carbocycles. The normalized spacial score (nSPS) is 13.1. The maximum atomic E-state index is 13.0. The van der Waals surface area contributed by atoms with Crippen LogP contribution in [0, 0.1) is 5.82 Å². The van der Waals surface area contributed by atoms with E-state index >= 15 is 0 Å². The van der Waals surface area contributed by atoms with Gasteiger partial charge in [-0.1, -0.05) is 36.4 Å². The van der Waals surface area contributed by atoms with E-state index in [9.17, 15) is 4.39 Å². The van der Waals surface area contributed by atoms with Crippen molar-refractivity contribution in [3.8, 4) is 22.6 Å². The molecule has 0 aromatic heterocycles. The van der Waals surface area contributed by atoms with Gasteiger partial charge in [-0.2, -0.15) is 10.9 Å². The molecule has 0 saturated heterocycles. The maximum Gasteiger partial charge on any atom is 0.127 e. The zero-order valence-corrected chi connectivity index (χ0v) is 15.4. The summed E-state index contributed by atoms with van der Waals surface area (Å²) in [6.45, 7) is 0. The number of thiol groups is 1. The van der Waals surface area contributed by atoms with Crippen molar-refractivity contribution in [2.45, 2.75) is 14.7 Å². The smallest absolute Gasteiger partial charge is 0.127 e. The first-order chi connectivity index (χ1) is 13.3. The number of fused-ring (bicyclic) bond motifs is 3. The van der Waals surface area contributed by atoms with Gasteiger partial charge in [-0.25, -0.2) is 4.39 Å². The average Bonchev–Trinajstić information content (AvgIpc) is 3.05. The summed E-state index contributed by atoms with van der Waals surface area (Å²) >= 11 is 0. The minimum atomic E-state index is -0.553. The van der Waals surface area contributed by atoms with Gasteiger partial charge in [0.1, 0.15) is 17.3 Å². The molecule has 0 saturated carbocycles. The van der Waals surface area contributed by atoms with Crippen LogP contribution >= 0.6 is 10.9 Å². The molecule has 1 nitrogen and oxygen atoms in total. The van der Waals surface area contributed by atoms with Crippen LogP contribution < -0.4 is 4.74 Å². The minimum Gasteiger partial charge on any atom is -0.457 e. The van der Waals surface area contributed by atoms with Gasteiger partial charge >= 0.3 is 0 Å². The standard InChI is InChI=1S/C24H17FOS/c25-17-9-11-18(12-10-17)26-19-13-15-20(16-14-19)27-23-7-3-1-5-21(23)22-6-2-4-8-24(22)27/h1-16,27H. The van der Waals surface area contributed by atoms with Crippen LogP contribution in [-0.2, 0) is 0 Å². The Balaban J connectivity index is 1.49. The van der Waals surface area contributed by atoms with Gasteiger partial charge in [0.05, 0.1) is 0 Å². The Labute approximate surface area is 160 Å². The lowest BCUT2D eigenvalue weighted by Crippen LogP contribution is -1.86. The highest BCUT2D eigenvalue weighted by molar-refractivity contribution is 8.17. The van der Waals surface area contributed by atoms with Crippen molar-refractivity contribution in [2.75, 3.05) is 0 Å². The molecule has 4 aromatic rings. The highest BCUT2D eigenvalue weighted by Crippen LogP contribution is 2.62. The molecule has 0 radical (unpaired) electrons. The van der Waals surface area contributed by atoms with E-state index in [1.54, 1.807) is 12.1 Å². The van der Waals surface area contributed by atoms with E-state index in [1.165, 1.54) is 37.9 Å². The monoisotopic (exact) mass is 372 g/mol. The molecule has 3 heteroatoms. The zero-order chi connectivity index (χ0) is 18.2. The number of ether oxygens (including phenoxy) is 1. The van der Waals surface area contributed by atoms with Crippen molar-refractivity contribution in [1.82, 2.24) is 0 Å². The van der Waals surface area contributed by atoms with Crippen LogP contribution in [0.2, 0.25) is 0 Å². The summed E-state index contributed by atoms with van der Waals surface area (Å²) in [7, 11) is -0.553. The van der Waals surface area contributed by atoms with Crippen LogP contribution in [0.3, 0.4) is 0 Å². The predicted molar refractivity (Wildman–Crippen MR) is 109 cm³/mol. The van der Waals surface area contributed by atoms with Crippen LogP contribution in [0.1, 0.15) is 0 Å². The maximum absolute atomic E-state index is 13.0. The van der Waals surface area contributed by atoms with Crippen LogP contribution in [0.15, 0.2) is 112 Å². The van der Waals surface area contributed by atoms with Gasteiger partial charge in [0.2, 0.25) is 0 Å². The van der Waals surface area contributed by atoms with Crippen LogP contribution in [-0.4, -0.2) is 0 Å². The van der Waals surface area contributed by atoms with Gasteiger partial charge in [0.25, 0.3) is 0 Å². The van der Waals surface area contributed by atoms with E-state index in [0.717, 1.165) is 5.75 Å². The summed E-state index contributed by atoms with van der Waals surface area (Å²) in [5.74, 6) is 1.12. The zero-order valence-electron chi connectivity index (χ0n) is 14.5. The first kappa shape index (κ1) is 16.2. The third kappa shape index (κ3) is 2.90. The van der Waals surface area contributed by atoms with E-state index in [0.29, 0.717) is 5.75 Å². The van der Waals surface area contributed by atoms with Crippen molar-refractivity contribution in [1.29, 1.82) is 0 Å². The molecular formula is C24H17FOS.